The molecule has 3 heteroatoms. The monoisotopic (exact) mass is 241 g/mol. The Hall–Kier alpha value is -0.570. The van der Waals surface area contributed by atoms with Gasteiger partial charge in [0.15, 0.2) is 0 Å². The lowest BCUT2D eigenvalue weighted by Gasteiger charge is -2.16. The number of hydrogen-bond donors (Lipinski definition) is 0. The van der Waals surface area contributed by atoms with Crippen LogP contribution in [0.4, 0.5) is 0 Å². The van der Waals surface area contributed by atoms with Crippen LogP contribution >= 0.6 is 11.6 Å². The van der Waals surface area contributed by atoms with Crippen molar-refractivity contribution in [3.63, 3.8) is 0 Å². The van der Waals surface area contributed by atoms with E-state index in [4.69, 9.17) is 16.3 Å². The number of rotatable bonds is 6. The van der Waals surface area contributed by atoms with Gasteiger partial charge in [-0.15, -0.1) is 0 Å². The van der Waals surface area contributed by atoms with Gasteiger partial charge in [-0.1, -0.05) is 23.7 Å². The summed E-state index contributed by atoms with van der Waals surface area (Å²) in [6, 6.07) is 7.79. The first-order valence-electron chi connectivity index (χ1n) is 5.58. The third-order valence-electron chi connectivity index (χ3n) is 2.43. The van der Waals surface area contributed by atoms with E-state index in [-0.39, 0.29) is 6.10 Å². The van der Waals surface area contributed by atoms with Crippen LogP contribution in [0.15, 0.2) is 24.3 Å². The molecule has 0 spiro atoms. The zero-order valence-electron chi connectivity index (χ0n) is 10.2. The van der Waals surface area contributed by atoms with Crippen LogP contribution in [0.25, 0.3) is 0 Å². The molecule has 0 aliphatic carbocycles. The van der Waals surface area contributed by atoms with Gasteiger partial charge in [-0.25, -0.2) is 0 Å². The first-order chi connectivity index (χ1) is 7.58. The molecule has 0 N–H and O–H groups in total. The lowest BCUT2D eigenvalue weighted by atomic mass is 10.2. The van der Waals surface area contributed by atoms with Crippen LogP contribution in [0.3, 0.4) is 0 Å². The Balaban J connectivity index is 2.26. The van der Waals surface area contributed by atoms with Crippen LogP contribution in [0, 0.1) is 0 Å². The summed E-state index contributed by atoms with van der Waals surface area (Å²) >= 11 is 5.81. The zero-order valence-corrected chi connectivity index (χ0v) is 11.0. The van der Waals surface area contributed by atoms with Crippen LogP contribution in [0.1, 0.15) is 18.9 Å². The highest BCUT2D eigenvalue weighted by atomic mass is 35.5. The molecule has 1 aromatic carbocycles. The lowest BCUT2D eigenvalue weighted by molar-refractivity contribution is 0.0432. The molecule has 0 aromatic heterocycles. The maximum atomic E-state index is 5.81. The quantitative estimate of drug-likeness (QED) is 0.759. The normalized spacial score (nSPS) is 13.1. The summed E-state index contributed by atoms with van der Waals surface area (Å²) in [6.07, 6.45) is 1.35. The highest BCUT2D eigenvalue weighted by Crippen LogP contribution is 2.11. The maximum Gasteiger partial charge on any atom is 0.0720 e. The molecule has 0 saturated heterocycles. The van der Waals surface area contributed by atoms with Gasteiger partial charge in [0.25, 0.3) is 0 Å². The largest absolute Gasteiger partial charge is 0.374 e. The van der Waals surface area contributed by atoms with Crippen molar-refractivity contribution in [3.05, 3.63) is 34.9 Å². The van der Waals surface area contributed by atoms with Gasteiger partial charge in [0.1, 0.15) is 0 Å². The maximum absolute atomic E-state index is 5.81. The Morgan fingerprint density at radius 1 is 1.25 bits per heavy atom. The first kappa shape index (κ1) is 13.5. The fourth-order valence-electron chi connectivity index (χ4n) is 1.34. The van der Waals surface area contributed by atoms with E-state index < -0.39 is 0 Å². The van der Waals surface area contributed by atoms with Crippen molar-refractivity contribution in [2.45, 2.75) is 26.1 Å². The average molecular weight is 242 g/mol. The topological polar surface area (TPSA) is 12.5 Å². The van der Waals surface area contributed by atoms with Crippen LogP contribution < -0.4 is 0 Å². The molecule has 0 heterocycles. The molecule has 1 aromatic rings. The van der Waals surface area contributed by atoms with Crippen molar-refractivity contribution in [1.82, 2.24) is 4.90 Å². The van der Waals surface area contributed by atoms with E-state index in [9.17, 15) is 0 Å². The smallest absolute Gasteiger partial charge is 0.0720 e. The number of hydrogen-bond acceptors (Lipinski definition) is 2. The molecule has 0 bridgehead atoms. The van der Waals surface area contributed by atoms with Crippen molar-refractivity contribution in [3.8, 4) is 0 Å². The van der Waals surface area contributed by atoms with Crippen LogP contribution in [-0.4, -0.2) is 31.6 Å². The molecule has 0 amide bonds. The minimum atomic E-state index is 0.290. The summed E-state index contributed by atoms with van der Waals surface area (Å²) in [7, 11) is 4.15. The molecule has 0 fully saturated rings. The summed E-state index contributed by atoms with van der Waals surface area (Å²) in [5, 5.41) is 0.768. The average Bonchev–Trinajstić information content (AvgIpc) is 2.25. The first-order valence-corrected chi connectivity index (χ1v) is 5.96. The summed E-state index contributed by atoms with van der Waals surface area (Å²) in [5.74, 6) is 0. The van der Waals surface area contributed by atoms with Gasteiger partial charge in [-0.2, -0.15) is 0 Å². The number of benzene rings is 1. The molecule has 2 nitrogen and oxygen atoms in total. The molecule has 1 unspecified atom stereocenters. The van der Waals surface area contributed by atoms with Gasteiger partial charge >= 0.3 is 0 Å². The molecule has 1 rings (SSSR count). The lowest BCUT2D eigenvalue weighted by Crippen LogP contribution is -2.19. The molecular formula is C13H20ClNO. The fourth-order valence-corrected chi connectivity index (χ4v) is 1.47. The molecular weight excluding hydrogens is 222 g/mol. The number of nitrogens with zero attached hydrogens (tertiary/aromatic N) is 1. The summed E-state index contributed by atoms with van der Waals surface area (Å²) in [6.45, 7) is 3.83. The van der Waals surface area contributed by atoms with Crippen molar-refractivity contribution in [2.75, 3.05) is 20.6 Å². The second-order valence-electron chi connectivity index (χ2n) is 4.34. The van der Waals surface area contributed by atoms with E-state index in [0.29, 0.717) is 6.61 Å². The second-order valence-corrected chi connectivity index (χ2v) is 4.78. The van der Waals surface area contributed by atoms with Gasteiger partial charge in [0.05, 0.1) is 12.7 Å². The van der Waals surface area contributed by atoms with Crippen LogP contribution in [-0.2, 0) is 11.3 Å². The van der Waals surface area contributed by atoms with E-state index in [1.807, 2.05) is 24.3 Å². The molecule has 0 saturated carbocycles. The SMILES string of the molecule is CC(CCN(C)C)OCc1ccc(Cl)cc1. The summed E-state index contributed by atoms with van der Waals surface area (Å²) in [5.41, 5.74) is 1.17. The summed E-state index contributed by atoms with van der Waals surface area (Å²) in [4.78, 5) is 2.17. The zero-order chi connectivity index (χ0) is 12.0. The van der Waals surface area contributed by atoms with Gasteiger partial charge in [0, 0.05) is 5.02 Å². The van der Waals surface area contributed by atoms with Crippen molar-refractivity contribution < 1.29 is 4.74 Å². The second kappa shape index (κ2) is 6.89. The van der Waals surface area contributed by atoms with Crippen molar-refractivity contribution in [1.29, 1.82) is 0 Å². The van der Waals surface area contributed by atoms with E-state index in [1.165, 1.54) is 5.56 Å². The highest BCUT2D eigenvalue weighted by Gasteiger charge is 2.03. The van der Waals surface area contributed by atoms with E-state index in [2.05, 4.69) is 25.9 Å². The van der Waals surface area contributed by atoms with E-state index in [0.717, 1.165) is 18.0 Å². The molecule has 16 heavy (non-hydrogen) atoms. The number of halogens is 1. The minimum Gasteiger partial charge on any atom is -0.374 e. The predicted octanol–water partition coefficient (Wildman–Crippen LogP) is 3.20. The minimum absolute atomic E-state index is 0.290. The Bertz CT molecular complexity index is 297. The van der Waals surface area contributed by atoms with Gasteiger partial charge in [0.2, 0.25) is 0 Å². The van der Waals surface area contributed by atoms with Crippen LogP contribution in [0.2, 0.25) is 5.02 Å². The van der Waals surface area contributed by atoms with Gasteiger partial charge in [-0.05, 0) is 51.7 Å². The third-order valence-corrected chi connectivity index (χ3v) is 2.68. The Kier molecular flexibility index (Phi) is 5.81. The van der Waals surface area contributed by atoms with E-state index in [1.54, 1.807) is 0 Å². The molecule has 0 aliphatic rings. The predicted molar refractivity (Wildman–Crippen MR) is 68.9 cm³/mol. The summed E-state index contributed by atoms with van der Waals surface area (Å²) < 4.78 is 5.75. The highest BCUT2D eigenvalue weighted by molar-refractivity contribution is 6.30. The van der Waals surface area contributed by atoms with Crippen molar-refractivity contribution in [2.24, 2.45) is 0 Å². The standard InChI is InChI=1S/C13H20ClNO/c1-11(8-9-15(2)3)16-10-12-4-6-13(14)7-5-12/h4-7,11H,8-10H2,1-3H3. The van der Waals surface area contributed by atoms with E-state index >= 15 is 0 Å². The molecule has 0 radical (unpaired) electrons. The Morgan fingerprint density at radius 3 is 2.44 bits per heavy atom. The third kappa shape index (κ3) is 5.50. The number of ether oxygens (including phenoxy) is 1. The fraction of sp³-hybridized carbons (Fsp3) is 0.538. The Morgan fingerprint density at radius 2 is 1.88 bits per heavy atom. The Labute approximate surface area is 103 Å². The molecule has 1 atom stereocenters. The van der Waals surface area contributed by atoms with Crippen molar-refractivity contribution >= 4 is 11.6 Å². The van der Waals surface area contributed by atoms with Crippen LogP contribution in [0.5, 0.6) is 0 Å². The van der Waals surface area contributed by atoms with Gasteiger partial charge in [-0.3, -0.25) is 0 Å². The molecule has 0 aliphatic heterocycles. The molecule has 90 valence electrons. The van der Waals surface area contributed by atoms with Gasteiger partial charge < -0.3 is 9.64 Å².